The Morgan fingerprint density at radius 2 is 1.86 bits per heavy atom. The van der Waals surface area contributed by atoms with Crippen molar-refractivity contribution in [1.82, 2.24) is 15.8 Å². The number of fused-ring (bicyclic) bond motifs is 3. The molecule has 29 heavy (non-hydrogen) atoms. The fourth-order valence-electron chi connectivity index (χ4n) is 4.04. The van der Waals surface area contributed by atoms with Gasteiger partial charge in [-0.1, -0.05) is 36.4 Å². The standard InChI is InChI=1S/C24H27N3O2/c28-24(27-29)12-10-17-5-7-19(8-6-17)16-25-14-13-18-9-11-21-20-3-1-2-4-22(20)26-23(21)15-18/h5-12,15,25-26,29H,1-4,13-14,16H2,(H,27,28)/b12-10+. The van der Waals surface area contributed by atoms with Crippen molar-refractivity contribution in [3.05, 3.63) is 76.5 Å². The van der Waals surface area contributed by atoms with Gasteiger partial charge in [0.05, 0.1) is 0 Å². The van der Waals surface area contributed by atoms with Crippen LogP contribution in [0.4, 0.5) is 0 Å². The largest absolute Gasteiger partial charge is 0.358 e. The molecule has 1 aromatic heterocycles. The number of carbonyl (C=O) groups is 1. The molecule has 4 N–H and O–H groups in total. The van der Waals surface area contributed by atoms with E-state index in [2.05, 4.69) is 28.5 Å². The molecule has 1 aliphatic rings. The Bertz CT molecular complexity index is 1020. The van der Waals surface area contributed by atoms with Crippen molar-refractivity contribution in [3.63, 3.8) is 0 Å². The van der Waals surface area contributed by atoms with Gasteiger partial charge < -0.3 is 10.3 Å². The Morgan fingerprint density at radius 3 is 2.69 bits per heavy atom. The molecule has 3 aromatic rings. The number of aryl methyl sites for hydroxylation is 2. The van der Waals surface area contributed by atoms with Crippen LogP contribution in [0, 0.1) is 0 Å². The Morgan fingerprint density at radius 1 is 1.07 bits per heavy atom. The summed E-state index contributed by atoms with van der Waals surface area (Å²) in [5.41, 5.74) is 9.30. The third kappa shape index (κ3) is 4.75. The molecule has 0 saturated carbocycles. The van der Waals surface area contributed by atoms with Gasteiger partial charge in [0.25, 0.3) is 5.91 Å². The molecule has 5 nitrogen and oxygen atoms in total. The Hall–Kier alpha value is -2.89. The topological polar surface area (TPSA) is 77.2 Å². The van der Waals surface area contributed by atoms with E-state index in [1.54, 1.807) is 11.6 Å². The summed E-state index contributed by atoms with van der Waals surface area (Å²) in [6.07, 6.45) is 8.95. The van der Waals surface area contributed by atoms with Gasteiger partial charge in [0, 0.05) is 29.2 Å². The van der Waals surface area contributed by atoms with Gasteiger partial charge in [-0.2, -0.15) is 0 Å². The lowest BCUT2D eigenvalue weighted by Crippen LogP contribution is -2.16. The summed E-state index contributed by atoms with van der Waals surface area (Å²) < 4.78 is 0. The molecule has 0 bridgehead atoms. The molecule has 0 radical (unpaired) electrons. The first-order valence-electron chi connectivity index (χ1n) is 10.3. The quantitative estimate of drug-likeness (QED) is 0.214. The van der Waals surface area contributed by atoms with Crippen molar-refractivity contribution in [3.8, 4) is 0 Å². The fraction of sp³-hybridized carbons (Fsp3) is 0.292. The summed E-state index contributed by atoms with van der Waals surface area (Å²) >= 11 is 0. The van der Waals surface area contributed by atoms with Gasteiger partial charge in [0.2, 0.25) is 0 Å². The fourth-order valence-corrected chi connectivity index (χ4v) is 4.04. The number of hydroxylamine groups is 1. The van der Waals surface area contributed by atoms with E-state index < -0.39 is 5.91 Å². The first kappa shape index (κ1) is 19.4. The lowest BCUT2D eigenvalue weighted by atomic mass is 9.95. The lowest BCUT2D eigenvalue weighted by molar-refractivity contribution is -0.124. The minimum atomic E-state index is -0.534. The number of H-pyrrole nitrogens is 1. The van der Waals surface area contributed by atoms with Crippen LogP contribution < -0.4 is 10.8 Å². The van der Waals surface area contributed by atoms with Crippen molar-refractivity contribution in [1.29, 1.82) is 0 Å². The molecule has 0 fully saturated rings. The highest BCUT2D eigenvalue weighted by molar-refractivity contribution is 5.90. The normalized spacial score (nSPS) is 13.7. The predicted octanol–water partition coefficient (Wildman–Crippen LogP) is 3.90. The monoisotopic (exact) mass is 389 g/mol. The maximum Gasteiger partial charge on any atom is 0.267 e. The zero-order valence-electron chi connectivity index (χ0n) is 16.5. The van der Waals surface area contributed by atoms with Crippen LogP contribution in [0.15, 0.2) is 48.5 Å². The highest BCUT2D eigenvalue weighted by Gasteiger charge is 2.15. The van der Waals surface area contributed by atoms with Crippen LogP contribution in [0.1, 0.15) is 40.8 Å². The second kappa shape index (κ2) is 9.07. The molecule has 0 saturated heterocycles. The number of aromatic nitrogens is 1. The molecular weight excluding hydrogens is 362 g/mol. The van der Waals surface area contributed by atoms with Crippen LogP contribution in [-0.4, -0.2) is 22.6 Å². The molecule has 0 unspecified atom stereocenters. The summed E-state index contributed by atoms with van der Waals surface area (Å²) in [5.74, 6) is -0.534. The average Bonchev–Trinajstić information content (AvgIpc) is 3.13. The number of hydrogen-bond donors (Lipinski definition) is 4. The minimum Gasteiger partial charge on any atom is -0.358 e. The van der Waals surface area contributed by atoms with Crippen molar-refractivity contribution in [2.24, 2.45) is 0 Å². The van der Waals surface area contributed by atoms with E-state index in [9.17, 15) is 4.79 Å². The molecule has 4 rings (SSSR count). The Labute approximate surface area is 170 Å². The van der Waals surface area contributed by atoms with Gasteiger partial charge in [-0.15, -0.1) is 0 Å². The lowest BCUT2D eigenvalue weighted by Gasteiger charge is -2.10. The molecule has 1 aliphatic carbocycles. The highest BCUT2D eigenvalue weighted by atomic mass is 16.5. The molecule has 0 atom stereocenters. The second-order valence-electron chi connectivity index (χ2n) is 7.65. The number of benzene rings is 2. The van der Waals surface area contributed by atoms with E-state index in [-0.39, 0.29) is 0 Å². The minimum absolute atomic E-state index is 0.534. The molecule has 1 heterocycles. The molecule has 1 amide bonds. The summed E-state index contributed by atoms with van der Waals surface area (Å²) in [6.45, 7) is 1.73. The van der Waals surface area contributed by atoms with Crippen molar-refractivity contribution >= 4 is 22.9 Å². The van der Waals surface area contributed by atoms with Gasteiger partial charge in [0.15, 0.2) is 0 Å². The van der Waals surface area contributed by atoms with E-state index >= 15 is 0 Å². The maximum absolute atomic E-state index is 11.0. The van der Waals surface area contributed by atoms with Crippen LogP contribution in [0.5, 0.6) is 0 Å². The highest BCUT2D eigenvalue weighted by Crippen LogP contribution is 2.29. The molecule has 150 valence electrons. The summed E-state index contributed by atoms with van der Waals surface area (Å²) in [6, 6.07) is 14.8. The van der Waals surface area contributed by atoms with Crippen molar-refractivity contribution in [2.45, 2.75) is 38.6 Å². The zero-order valence-corrected chi connectivity index (χ0v) is 16.5. The molecule has 2 aromatic carbocycles. The van der Waals surface area contributed by atoms with Gasteiger partial charge in [0.1, 0.15) is 0 Å². The number of carbonyl (C=O) groups excluding carboxylic acids is 1. The van der Waals surface area contributed by atoms with Crippen LogP contribution in [-0.2, 0) is 30.6 Å². The summed E-state index contributed by atoms with van der Waals surface area (Å²) in [7, 11) is 0. The average molecular weight is 389 g/mol. The van der Waals surface area contributed by atoms with E-state index in [1.807, 2.05) is 24.3 Å². The second-order valence-corrected chi connectivity index (χ2v) is 7.65. The number of nitrogens with one attached hydrogen (secondary N) is 3. The third-order valence-corrected chi connectivity index (χ3v) is 5.60. The van der Waals surface area contributed by atoms with Crippen LogP contribution in [0.3, 0.4) is 0 Å². The van der Waals surface area contributed by atoms with Gasteiger partial charge in [-0.3, -0.25) is 10.0 Å². The zero-order chi connectivity index (χ0) is 20.1. The third-order valence-electron chi connectivity index (χ3n) is 5.60. The van der Waals surface area contributed by atoms with Gasteiger partial charge in [-0.05, 0) is 73.0 Å². The van der Waals surface area contributed by atoms with Gasteiger partial charge >= 0.3 is 0 Å². The van der Waals surface area contributed by atoms with Crippen LogP contribution in [0.25, 0.3) is 17.0 Å². The smallest absolute Gasteiger partial charge is 0.267 e. The molecule has 5 heteroatoms. The van der Waals surface area contributed by atoms with Crippen LogP contribution >= 0.6 is 0 Å². The Balaban J connectivity index is 1.28. The maximum atomic E-state index is 11.0. The number of amides is 1. The van der Waals surface area contributed by atoms with E-state index in [1.165, 1.54) is 65.0 Å². The molecular formula is C24H27N3O2. The van der Waals surface area contributed by atoms with E-state index in [0.29, 0.717) is 0 Å². The number of hydrogen-bond acceptors (Lipinski definition) is 3. The summed E-state index contributed by atoms with van der Waals surface area (Å²) in [4.78, 5) is 14.6. The molecule has 0 aliphatic heterocycles. The van der Waals surface area contributed by atoms with Gasteiger partial charge in [-0.25, -0.2) is 5.48 Å². The summed E-state index contributed by atoms with van der Waals surface area (Å²) in [5, 5.41) is 13.4. The number of rotatable bonds is 7. The van der Waals surface area contributed by atoms with Crippen molar-refractivity contribution < 1.29 is 10.0 Å². The SMILES string of the molecule is O=C(/C=C/c1ccc(CNCCc2ccc3c4c([nH]c3c2)CCCC4)cc1)NO. The molecule has 0 spiro atoms. The first-order valence-corrected chi connectivity index (χ1v) is 10.3. The predicted molar refractivity (Wildman–Crippen MR) is 116 cm³/mol. The van der Waals surface area contributed by atoms with Crippen molar-refractivity contribution in [2.75, 3.05) is 6.54 Å². The van der Waals surface area contributed by atoms with Crippen LogP contribution in [0.2, 0.25) is 0 Å². The Kier molecular flexibility index (Phi) is 6.08. The number of aromatic amines is 1. The van der Waals surface area contributed by atoms with E-state index in [0.717, 1.165) is 25.1 Å². The van der Waals surface area contributed by atoms with E-state index in [4.69, 9.17) is 5.21 Å². The first-order chi connectivity index (χ1) is 14.2.